The van der Waals surface area contributed by atoms with Crippen LogP contribution in [0, 0.1) is 11.8 Å². The van der Waals surface area contributed by atoms with Gasteiger partial charge in [0.1, 0.15) is 12.0 Å². The van der Waals surface area contributed by atoms with Crippen LogP contribution in [0.5, 0.6) is 0 Å². The van der Waals surface area contributed by atoms with Crippen LogP contribution in [-0.2, 0) is 0 Å². The molecule has 2 atom stereocenters. The summed E-state index contributed by atoms with van der Waals surface area (Å²) in [5, 5.41) is 1.07. The quantitative estimate of drug-likeness (QED) is 0.933. The molecule has 1 saturated carbocycles. The summed E-state index contributed by atoms with van der Waals surface area (Å²) in [6.45, 7) is 2.35. The molecule has 0 spiro atoms. The molecule has 3 heterocycles. The zero-order valence-corrected chi connectivity index (χ0v) is 12.3. The van der Waals surface area contributed by atoms with Crippen LogP contribution < -0.4 is 0 Å². The third-order valence-corrected chi connectivity index (χ3v) is 5.05. The first kappa shape index (κ1) is 12.7. The monoisotopic (exact) mass is 280 g/mol. The summed E-state index contributed by atoms with van der Waals surface area (Å²) in [5.41, 5.74) is 3.02. The minimum absolute atomic E-state index is 0.312. The van der Waals surface area contributed by atoms with Gasteiger partial charge in [-0.15, -0.1) is 0 Å². The Morgan fingerprint density at radius 1 is 1.24 bits per heavy atom. The van der Waals surface area contributed by atoms with Crippen LogP contribution in [0.4, 0.5) is 0 Å². The molecule has 1 fully saturated rings. The summed E-state index contributed by atoms with van der Waals surface area (Å²) in [7, 11) is 0. The van der Waals surface area contributed by atoms with E-state index in [2.05, 4.69) is 28.0 Å². The van der Waals surface area contributed by atoms with Crippen molar-refractivity contribution in [3.8, 4) is 0 Å². The van der Waals surface area contributed by atoms with Gasteiger partial charge in [0.05, 0.1) is 11.7 Å². The number of nitrogens with zero attached hydrogens (tertiary/aromatic N) is 3. The van der Waals surface area contributed by atoms with Gasteiger partial charge >= 0.3 is 0 Å². The van der Waals surface area contributed by atoms with Gasteiger partial charge in [0, 0.05) is 23.4 Å². The molecule has 1 aliphatic heterocycles. The highest BCUT2D eigenvalue weighted by molar-refractivity contribution is 6.14. The van der Waals surface area contributed by atoms with Crippen molar-refractivity contribution in [2.24, 2.45) is 16.8 Å². The standard InChI is InChI=1S/C17H20N4/c1-11(12-4-2-3-5-12)15-8-13(9-19-15)16-14-6-7-18-17(14)21-10-20-16/h6-12,15H,2-5H2,1H3,(H,18,20,21). The predicted octanol–water partition coefficient (Wildman–Crippen LogP) is 3.62. The molecule has 0 aromatic carbocycles. The second-order valence-electron chi connectivity index (χ2n) is 6.26. The average molecular weight is 280 g/mol. The van der Waals surface area contributed by atoms with E-state index in [1.807, 2.05) is 18.5 Å². The number of hydrogen-bond acceptors (Lipinski definition) is 3. The van der Waals surface area contributed by atoms with Crippen LogP contribution >= 0.6 is 0 Å². The van der Waals surface area contributed by atoms with Gasteiger partial charge in [-0.2, -0.15) is 0 Å². The molecule has 4 rings (SSSR count). The first-order valence-electron chi connectivity index (χ1n) is 7.86. The Labute approximate surface area is 124 Å². The maximum absolute atomic E-state index is 4.74. The van der Waals surface area contributed by atoms with E-state index in [1.165, 1.54) is 25.7 Å². The summed E-state index contributed by atoms with van der Waals surface area (Å²) in [4.78, 5) is 16.6. The number of rotatable bonds is 3. The normalized spacial score (nSPS) is 23.9. The molecule has 0 amide bonds. The molecular formula is C17H20N4. The highest BCUT2D eigenvalue weighted by Gasteiger charge is 2.29. The number of hydrogen-bond donors (Lipinski definition) is 1. The minimum Gasteiger partial charge on any atom is -0.346 e. The lowest BCUT2D eigenvalue weighted by molar-refractivity contribution is 0.342. The summed E-state index contributed by atoms with van der Waals surface area (Å²) < 4.78 is 0. The number of aromatic amines is 1. The Balaban J connectivity index is 1.63. The summed E-state index contributed by atoms with van der Waals surface area (Å²) in [6, 6.07) is 2.35. The van der Waals surface area contributed by atoms with Gasteiger partial charge in [-0.3, -0.25) is 4.99 Å². The molecule has 0 bridgehead atoms. The highest BCUT2D eigenvalue weighted by Crippen LogP contribution is 2.36. The van der Waals surface area contributed by atoms with Gasteiger partial charge in [-0.1, -0.05) is 32.6 Å². The molecule has 2 aromatic rings. The summed E-state index contributed by atoms with van der Waals surface area (Å²) in [6.07, 6.45) is 13.3. The Bertz CT molecular complexity index is 706. The maximum atomic E-state index is 4.74. The summed E-state index contributed by atoms with van der Waals surface area (Å²) >= 11 is 0. The van der Waals surface area contributed by atoms with Crippen molar-refractivity contribution in [3.05, 3.63) is 30.4 Å². The average Bonchev–Trinajstić information content (AvgIpc) is 3.25. The number of nitrogens with one attached hydrogen (secondary N) is 1. The highest BCUT2D eigenvalue weighted by atomic mass is 14.9. The molecule has 108 valence electrons. The molecule has 1 N–H and O–H groups in total. The van der Waals surface area contributed by atoms with E-state index in [0.717, 1.165) is 28.2 Å². The van der Waals surface area contributed by atoms with Crippen molar-refractivity contribution < 1.29 is 0 Å². The van der Waals surface area contributed by atoms with Crippen molar-refractivity contribution in [3.63, 3.8) is 0 Å². The van der Waals surface area contributed by atoms with Crippen molar-refractivity contribution in [1.82, 2.24) is 15.0 Å². The number of fused-ring (bicyclic) bond motifs is 1. The van der Waals surface area contributed by atoms with Crippen LogP contribution in [0.2, 0.25) is 0 Å². The first-order chi connectivity index (χ1) is 10.3. The largest absolute Gasteiger partial charge is 0.346 e. The molecule has 4 heteroatoms. The Morgan fingerprint density at radius 3 is 2.95 bits per heavy atom. The molecule has 0 radical (unpaired) electrons. The van der Waals surface area contributed by atoms with E-state index in [0.29, 0.717) is 12.0 Å². The number of allylic oxidation sites excluding steroid dienone is 1. The lowest BCUT2D eigenvalue weighted by atomic mass is 9.86. The van der Waals surface area contributed by atoms with Gasteiger partial charge < -0.3 is 4.98 Å². The van der Waals surface area contributed by atoms with Gasteiger partial charge in [0.2, 0.25) is 0 Å². The smallest absolute Gasteiger partial charge is 0.141 e. The van der Waals surface area contributed by atoms with E-state index < -0.39 is 0 Å². The van der Waals surface area contributed by atoms with E-state index in [9.17, 15) is 0 Å². The van der Waals surface area contributed by atoms with E-state index in [1.54, 1.807) is 6.33 Å². The first-order valence-corrected chi connectivity index (χ1v) is 7.86. The topological polar surface area (TPSA) is 53.9 Å². The third kappa shape index (κ3) is 2.19. The van der Waals surface area contributed by atoms with E-state index >= 15 is 0 Å². The van der Waals surface area contributed by atoms with Gasteiger partial charge in [0.15, 0.2) is 0 Å². The molecular weight excluding hydrogens is 260 g/mol. The van der Waals surface area contributed by atoms with Gasteiger partial charge in [-0.25, -0.2) is 9.97 Å². The number of aliphatic imine (C=N–C) groups is 1. The fourth-order valence-electron chi connectivity index (χ4n) is 3.73. The Morgan fingerprint density at radius 2 is 2.10 bits per heavy atom. The fourth-order valence-corrected chi connectivity index (χ4v) is 3.73. The molecule has 2 aromatic heterocycles. The second kappa shape index (κ2) is 5.10. The van der Waals surface area contributed by atoms with Crippen LogP contribution in [-0.4, -0.2) is 27.2 Å². The van der Waals surface area contributed by atoms with Crippen LogP contribution in [0.25, 0.3) is 16.6 Å². The maximum Gasteiger partial charge on any atom is 0.141 e. The third-order valence-electron chi connectivity index (χ3n) is 5.05. The number of H-pyrrole nitrogens is 1. The van der Waals surface area contributed by atoms with E-state index in [-0.39, 0.29) is 0 Å². The zero-order chi connectivity index (χ0) is 14.2. The molecule has 4 nitrogen and oxygen atoms in total. The van der Waals surface area contributed by atoms with Gasteiger partial charge in [-0.05, 0) is 24.0 Å². The summed E-state index contributed by atoms with van der Waals surface area (Å²) in [5.74, 6) is 1.46. The SMILES string of the molecule is CC(C1CCCC1)C1C=C(c2ncnc3[nH]ccc23)C=N1. The van der Waals surface area contributed by atoms with Crippen LogP contribution in [0.15, 0.2) is 29.7 Å². The lowest BCUT2D eigenvalue weighted by Crippen LogP contribution is -2.19. The second-order valence-corrected chi connectivity index (χ2v) is 6.26. The van der Waals surface area contributed by atoms with Crippen molar-refractivity contribution >= 4 is 22.8 Å². The van der Waals surface area contributed by atoms with Crippen molar-refractivity contribution in [2.75, 3.05) is 0 Å². The Hall–Kier alpha value is -1.97. The van der Waals surface area contributed by atoms with Gasteiger partial charge in [0.25, 0.3) is 0 Å². The number of aromatic nitrogens is 3. The molecule has 21 heavy (non-hydrogen) atoms. The molecule has 2 unspecified atom stereocenters. The fraction of sp³-hybridized carbons (Fsp3) is 0.471. The lowest BCUT2D eigenvalue weighted by Gasteiger charge is -2.21. The Kier molecular flexibility index (Phi) is 3.09. The van der Waals surface area contributed by atoms with Crippen LogP contribution in [0.3, 0.4) is 0 Å². The zero-order valence-electron chi connectivity index (χ0n) is 12.3. The minimum atomic E-state index is 0.312. The molecule has 1 aliphatic carbocycles. The van der Waals surface area contributed by atoms with Crippen molar-refractivity contribution in [1.29, 1.82) is 0 Å². The van der Waals surface area contributed by atoms with Crippen molar-refractivity contribution in [2.45, 2.75) is 38.6 Å². The van der Waals surface area contributed by atoms with Crippen LogP contribution in [0.1, 0.15) is 38.3 Å². The van der Waals surface area contributed by atoms with E-state index in [4.69, 9.17) is 4.99 Å². The predicted molar refractivity (Wildman–Crippen MR) is 85.3 cm³/mol. The molecule has 2 aliphatic rings. The molecule has 0 saturated heterocycles.